The van der Waals surface area contributed by atoms with Gasteiger partial charge in [-0.3, -0.25) is 9.69 Å². The van der Waals surface area contributed by atoms with Crippen molar-refractivity contribution in [2.45, 2.75) is 6.54 Å². The Bertz CT molecular complexity index is 869. The van der Waals surface area contributed by atoms with Gasteiger partial charge >= 0.3 is 0 Å². The Labute approximate surface area is 159 Å². The summed E-state index contributed by atoms with van der Waals surface area (Å²) in [5, 5.41) is 1.15. The van der Waals surface area contributed by atoms with Crippen molar-refractivity contribution in [3.63, 3.8) is 0 Å². The van der Waals surface area contributed by atoms with Crippen LogP contribution in [0.1, 0.15) is 15.4 Å². The standard InChI is InChI=1S/C19H18BrN3OS/c20-15-5-3-4-14(12-15)19(24)23-10-8-22(9-11-23)13-18-21-16-6-1-2-7-17(16)25-18/h1-7,12H,8-11,13H2. The summed E-state index contributed by atoms with van der Waals surface area (Å²) in [5.41, 5.74) is 1.82. The van der Waals surface area contributed by atoms with Gasteiger partial charge in [-0.2, -0.15) is 0 Å². The number of carbonyl (C=O) groups is 1. The number of nitrogens with zero attached hydrogens (tertiary/aromatic N) is 3. The summed E-state index contributed by atoms with van der Waals surface area (Å²) in [7, 11) is 0. The van der Waals surface area contributed by atoms with Crippen molar-refractivity contribution in [3.8, 4) is 0 Å². The molecular formula is C19H18BrN3OS. The van der Waals surface area contributed by atoms with Crippen LogP contribution in [0.3, 0.4) is 0 Å². The van der Waals surface area contributed by atoms with E-state index in [9.17, 15) is 4.79 Å². The molecule has 1 aromatic heterocycles. The van der Waals surface area contributed by atoms with Crippen LogP contribution < -0.4 is 0 Å². The highest BCUT2D eigenvalue weighted by molar-refractivity contribution is 9.10. The predicted molar refractivity (Wildman–Crippen MR) is 105 cm³/mol. The molecule has 1 aliphatic heterocycles. The summed E-state index contributed by atoms with van der Waals surface area (Å²) in [5.74, 6) is 0.112. The van der Waals surface area contributed by atoms with Crippen LogP contribution in [-0.2, 0) is 6.54 Å². The van der Waals surface area contributed by atoms with E-state index in [1.165, 1.54) is 4.70 Å². The van der Waals surface area contributed by atoms with Gasteiger partial charge in [0.15, 0.2) is 0 Å². The lowest BCUT2D eigenvalue weighted by atomic mass is 10.2. The van der Waals surface area contributed by atoms with E-state index in [0.717, 1.165) is 53.3 Å². The van der Waals surface area contributed by atoms with Gasteiger partial charge in [0.2, 0.25) is 0 Å². The van der Waals surface area contributed by atoms with E-state index in [1.54, 1.807) is 11.3 Å². The fourth-order valence-corrected chi connectivity index (χ4v) is 4.50. The molecule has 25 heavy (non-hydrogen) atoms. The number of carbonyl (C=O) groups excluding carboxylic acids is 1. The molecule has 0 unspecified atom stereocenters. The Morgan fingerprint density at radius 2 is 1.88 bits per heavy atom. The molecule has 6 heteroatoms. The van der Waals surface area contributed by atoms with Gasteiger partial charge in [0.05, 0.1) is 16.8 Å². The van der Waals surface area contributed by atoms with Crippen LogP contribution in [0.25, 0.3) is 10.2 Å². The normalized spacial score (nSPS) is 15.6. The molecule has 0 N–H and O–H groups in total. The first-order valence-electron chi connectivity index (χ1n) is 8.31. The van der Waals surface area contributed by atoms with Crippen molar-refractivity contribution in [1.82, 2.24) is 14.8 Å². The molecule has 0 aliphatic carbocycles. The first-order chi connectivity index (χ1) is 12.2. The lowest BCUT2D eigenvalue weighted by molar-refractivity contribution is 0.0628. The van der Waals surface area contributed by atoms with Gasteiger partial charge in [0.25, 0.3) is 5.91 Å². The molecule has 0 spiro atoms. The number of halogens is 1. The van der Waals surface area contributed by atoms with Crippen molar-refractivity contribution in [1.29, 1.82) is 0 Å². The highest BCUT2D eigenvalue weighted by atomic mass is 79.9. The third-order valence-corrected chi connectivity index (χ3v) is 5.94. The molecule has 0 atom stereocenters. The molecule has 1 aliphatic rings. The number of hydrogen-bond donors (Lipinski definition) is 0. The van der Waals surface area contributed by atoms with Gasteiger partial charge in [-0.05, 0) is 30.3 Å². The van der Waals surface area contributed by atoms with Gasteiger partial charge in [0, 0.05) is 36.2 Å². The number of hydrogen-bond acceptors (Lipinski definition) is 4. The van der Waals surface area contributed by atoms with E-state index < -0.39 is 0 Å². The molecule has 4 nitrogen and oxygen atoms in total. The number of para-hydroxylation sites is 1. The van der Waals surface area contributed by atoms with Crippen molar-refractivity contribution in [2.24, 2.45) is 0 Å². The zero-order valence-electron chi connectivity index (χ0n) is 13.7. The number of thiazole rings is 1. The summed E-state index contributed by atoms with van der Waals surface area (Å²) >= 11 is 5.19. The second-order valence-corrected chi connectivity index (χ2v) is 8.18. The molecule has 0 radical (unpaired) electrons. The Kier molecular flexibility index (Phi) is 4.83. The van der Waals surface area contributed by atoms with Crippen LogP contribution in [0, 0.1) is 0 Å². The molecule has 3 aromatic rings. The SMILES string of the molecule is O=C(c1cccc(Br)c1)N1CCN(Cc2nc3ccccc3s2)CC1. The predicted octanol–water partition coefficient (Wildman–Crippen LogP) is 4.02. The summed E-state index contributed by atoms with van der Waals surface area (Å²) in [6, 6.07) is 15.9. The number of piperazine rings is 1. The maximum absolute atomic E-state index is 12.6. The zero-order chi connectivity index (χ0) is 17.2. The van der Waals surface area contributed by atoms with Gasteiger partial charge in [0.1, 0.15) is 5.01 Å². The number of fused-ring (bicyclic) bond motifs is 1. The first-order valence-corrected chi connectivity index (χ1v) is 9.92. The molecule has 1 amide bonds. The van der Waals surface area contributed by atoms with E-state index in [2.05, 4.69) is 39.0 Å². The Morgan fingerprint density at radius 1 is 1.08 bits per heavy atom. The largest absolute Gasteiger partial charge is 0.336 e. The molecule has 2 aromatic carbocycles. The fraction of sp³-hybridized carbons (Fsp3) is 0.263. The summed E-state index contributed by atoms with van der Waals surface area (Å²) in [4.78, 5) is 21.6. The first kappa shape index (κ1) is 16.7. The molecule has 0 saturated carbocycles. The van der Waals surface area contributed by atoms with Gasteiger partial charge in [-0.15, -0.1) is 11.3 Å². The van der Waals surface area contributed by atoms with Gasteiger partial charge in [-0.1, -0.05) is 34.1 Å². The van der Waals surface area contributed by atoms with E-state index in [4.69, 9.17) is 4.98 Å². The maximum atomic E-state index is 12.6. The van der Waals surface area contributed by atoms with E-state index in [-0.39, 0.29) is 5.91 Å². The molecule has 1 fully saturated rings. The maximum Gasteiger partial charge on any atom is 0.253 e. The summed E-state index contributed by atoms with van der Waals surface area (Å²) < 4.78 is 2.17. The third kappa shape index (κ3) is 3.76. The Morgan fingerprint density at radius 3 is 2.64 bits per heavy atom. The van der Waals surface area contributed by atoms with Crippen LogP contribution in [-0.4, -0.2) is 46.9 Å². The zero-order valence-corrected chi connectivity index (χ0v) is 16.1. The minimum absolute atomic E-state index is 0.112. The average Bonchev–Trinajstić information content (AvgIpc) is 3.04. The second-order valence-electron chi connectivity index (χ2n) is 6.15. The van der Waals surface area contributed by atoms with Crippen LogP contribution >= 0.6 is 27.3 Å². The second kappa shape index (κ2) is 7.23. The molecule has 2 heterocycles. The molecular weight excluding hydrogens is 398 g/mol. The Hall–Kier alpha value is -1.76. The number of amides is 1. The monoisotopic (exact) mass is 415 g/mol. The number of aromatic nitrogens is 1. The molecule has 1 saturated heterocycles. The smallest absolute Gasteiger partial charge is 0.253 e. The fourth-order valence-electron chi connectivity index (χ4n) is 3.09. The summed E-state index contributed by atoms with van der Waals surface area (Å²) in [6.45, 7) is 4.15. The molecule has 0 bridgehead atoms. The summed E-state index contributed by atoms with van der Waals surface area (Å²) in [6.07, 6.45) is 0. The number of benzene rings is 2. The van der Waals surface area contributed by atoms with Crippen molar-refractivity contribution in [2.75, 3.05) is 26.2 Å². The lowest BCUT2D eigenvalue weighted by Crippen LogP contribution is -2.48. The van der Waals surface area contributed by atoms with E-state index in [1.807, 2.05) is 35.2 Å². The topological polar surface area (TPSA) is 36.4 Å². The minimum Gasteiger partial charge on any atom is -0.336 e. The van der Waals surface area contributed by atoms with Crippen molar-refractivity contribution in [3.05, 3.63) is 63.6 Å². The van der Waals surface area contributed by atoms with Crippen molar-refractivity contribution < 1.29 is 4.79 Å². The minimum atomic E-state index is 0.112. The van der Waals surface area contributed by atoms with Crippen LogP contribution in [0.4, 0.5) is 0 Å². The average molecular weight is 416 g/mol. The lowest BCUT2D eigenvalue weighted by Gasteiger charge is -2.34. The molecule has 128 valence electrons. The number of rotatable bonds is 3. The van der Waals surface area contributed by atoms with E-state index in [0.29, 0.717) is 0 Å². The van der Waals surface area contributed by atoms with Gasteiger partial charge in [-0.25, -0.2) is 4.98 Å². The Balaban J connectivity index is 1.37. The van der Waals surface area contributed by atoms with Gasteiger partial charge < -0.3 is 4.90 Å². The highest BCUT2D eigenvalue weighted by Crippen LogP contribution is 2.23. The van der Waals surface area contributed by atoms with Crippen molar-refractivity contribution >= 4 is 43.4 Å². The van der Waals surface area contributed by atoms with Crippen LogP contribution in [0.5, 0.6) is 0 Å². The quantitative estimate of drug-likeness (QED) is 0.647. The van der Waals surface area contributed by atoms with Crippen LogP contribution in [0.2, 0.25) is 0 Å². The highest BCUT2D eigenvalue weighted by Gasteiger charge is 2.22. The third-order valence-electron chi connectivity index (χ3n) is 4.43. The van der Waals surface area contributed by atoms with E-state index >= 15 is 0 Å². The molecule has 4 rings (SSSR count). The van der Waals surface area contributed by atoms with Crippen LogP contribution in [0.15, 0.2) is 53.0 Å².